The fourth-order valence-corrected chi connectivity index (χ4v) is 5.12. The molecule has 0 aliphatic rings. The lowest BCUT2D eigenvalue weighted by Crippen LogP contribution is -2.21. The van der Waals surface area contributed by atoms with Gasteiger partial charge in [0.05, 0.1) is 19.4 Å². The van der Waals surface area contributed by atoms with Crippen molar-refractivity contribution in [1.29, 1.82) is 0 Å². The number of benzene rings is 1. The first-order valence-electron chi connectivity index (χ1n) is 8.81. The predicted octanol–water partition coefficient (Wildman–Crippen LogP) is 3.76. The van der Waals surface area contributed by atoms with Crippen LogP contribution in [-0.4, -0.2) is 24.3 Å². The molecule has 3 heterocycles. The van der Waals surface area contributed by atoms with Crippen LogP contribution in [0.1, 0.15) is 20.8 Å². The number of thiophene rings is 1. The number of aryl methyl sites for hydroxylation is 1. The Labute approximate surface area is 172 Å². The van der Waals surface area contributed by atoms with Gasteiger partial charge in [-0.15, -0.1) is 11.3 Å². The second-order valence-electron chi connectivity index (χ2n) is 6.55. The summed E-state index contributed by atoms with van der Waals surface area (Å²) in [4.78, 5) is 21.4. The third kappa shape index (κ3) is 4.03. The number of aromatic nitrogens is 2. The summed E-state index contributed by atoms with van der Waals surface area (Å²) in [5, 5.41) is 3.85. The Kier molecular flexibility index (Phi) is 5.12. The molecule has 0 atom stereocenters. The van der Waals surface area contributed by atoms with E-state index in [0.29, 0.717) is 11.4 Å². The molecule has 0 saturated carbocycles. The van der Waals surface area contributed by atoms with Gasteiger partial charge in [0.1, 0.15) is 0 Å². The summed E-state index contributed by atoms with van der Waals surface area (Å²) in [7, 11) is -3.62. The monoisotopic (exact) mass is 423 g/mol. The number of pyridine rings is 2. The molecule has 1 N–H and O–H groups in total. The molecule has 29 heavy (non-hydrogen) atoms. The zero-order valence-corrected chi connectivity index (χ0v) is 17.1. The molecule has 0 unspecified atom stereocenters. The van der Waals surface area contributed by atoms with Gasteiger partial charge in [0.15, 0.2) is 0 Å². The zero-order valence-electron chi connectivity index (χ0n) is 15.5. The maximum atomic E-state index is 12.7. The summed E-state index contributed by atoms with van der Waals surface area (Å²) < 4.78 is 26.4. The molecule has 4 aromatic rings. The van der Waals surface area contributed by atoms with Gasteiger partial charge in [-0.25, -0.2) is 8.42 Å². The molecule has 6 nitrogen and oxygen atoms in total. The molecular weight excluding hydrogens is 406 g/mol. The first-order chi connectivity index (χ1) is 13.9. The van der Waals surface area contributed by atoms with E-state index in [-0.39, 0.29) is 15.7 Å². The molecule has 0 saturated heterocycles. The van der Waals surface area contributed by atoms with Gasteiger partial charge < -0.3 is 5.32 Å². The van der Waals surface area contributed by atoms with Gasteiger partial charge >= 0.3 is 0 Å². The highest BCUT2D eigenvalue weighted by Gasteiger charge is 2.18. The van der Waals surface area contributed by atoms with Crippen LogP contribution in [0.3, 0.4) is 0 Å². The number of amides is 1. The second kappa shape index (κ2) is 7.73. The molecule has 0 aliphatic heterocycles. The molecule has 0 aliphatic carbocycles. The second-order valence-corrected chi connectivity index (χ2v) is 9.59. The highest BCUT2D eigenvalue weighted by Crippen LogP contribution is 2.24. The van der Waals surface area contributed by atoms with Crippen molar-refractivity contribution >= 4 is 37.2 Å². The minimum atomic E-state index is -3.62. The molecule has 0 bridgehead atoms. The molecule has 0 spiro atoms. The molecule has 8 heteroatoms. The number of nitrogens with zero attached hydrogens (tertiary/aromatic N) is 2. The molecule has 4 rings (SSSR count). The van der Waals surface area contributed by atoms with Gasteiger partial charge in [0.2, 0.25) is 9.84 Å². The smallest absolute Gasteiger partial charge is 0.261 e. The summed E-state index contributed by atoms with van der Waals surface area (Å²) >= 11 is 1.39. The number of rotatable bonds is 5. The first kappa shape index (κ1) is 19.2. The van der Waals surface area contributed by atoms with Crippen molar-refractivity contribution < 1.29 is 13.2 Å². The fraction of sp³-hybridized carbons (Fsp3) is 0.0952. The highest BCUT2D eigenvalue weighted by atomic mass is 32.2. The zero-order chi connectivity index (χ0) is 20.4. The number of hydrogen-bond acceptors (Lipinski definition) is 6. The number of hydrogen-bond donors (Lipinski definition) is 1. The Morgan fingerprint density at radius 1 is 1.00 bits per heavy atom. The van der Waals surface area contributed by atoms with Crippen LogP contribution in [0.5, 0.6) is 0 Å². The molecule has 0 fully saturated rings. The maximum absolute atomic E-state index is 12.7. The summed E-state index contributed by atoms with van der Waals surface area (Å²) in [6.07, 6.45) is 6.38. The van der Waals surface area contributed by atoms with E-state index < -0.39 is 9.84 Å². The fourth-order valence-electron chi connectivity index (χ4n) is 2.86. The van der Waals surface area contributed by atoms with Crippen LogP contribution < -0.4 is 5.32 Å². The topological polar surface area (TPSA) is 89.0 Å². The average molecular weight is 424 g/mol. The quantitative estimate of drug-likeness (QED) is 0.528. The van der Waals surface area contributed by atoms with Crippen LogP contribution in [0.4, 0.5) is 0 Å². The van der Waals surface area contributed by atoms with E-state index in [9.17, 15) is 13.2 Å². The van der Waals surface area contributed by atoms with E-state index >= 15 is 0 Å². The van der Waals surface area contributed by atoms with Gasteiger partial charge in [-0.3, -0.25) is 14.8 Å². The molecule has 146 valence electrons. The van der Waals surface area contributed by atoms with Crippen molar-refractivity contribution in [1.82, 2.24) is 15.3 Å². The van der Waals surface area contributed by atoms with Crippen molar-refractivity contribution in [3.63, 3.8) is 0 Å². The standard InChI is InChI=1S/C21H17N3O3S2/c1-14-8-18(12-23-10-14)29(26,27)17-4-2-15(3-5-17)11-24-21(25)19-9-16-6-7-22-13-20(16)28-19/h2-10,12-13H,11H2,1H3,(H,24,25). The van der Waals surface area contributed by atoms with Crippen LogP contribution in [0.2, 0.25) is 0 Å². The molecule has 0 radical (unpaired) electrons. The summed E-state index contributed by atoms with van der Waals surface area (Å²) in [6, 6.07) is 11.8. The van der Waals surface area contributed by atoms with Gasteiger partial charge in [0.25, 0.3) is 5.91 Å². The summed E-state index contributed by atoms with van der Waals surface area (Å²) in [5.74, 6) is -0.172. The lowest BCUT2D eigenvalue weighted by molar-refractivity contribution is 0.0955. The molecular formula is C21H17N3O3S2. The molecule has 3 aromatic heterocycles. The Balaban J connectivity index is 1.46. The van der Waals surface area contributed by atoms with Crippen LogP contribution in [0.15, 0.2) is 77.0 Å². The molecule has 1 amide bonds. The van der Waals surface area contributed by atoms with Crippen LogP contribution in [-0.2, 0) is 16.4 Å². The van der Waals surface area contributed by atoms with Crippen molar-refractivity contribution in [2.24, 2.45) is 0 Å². The maximum Gasteiger partial charge on any atom is 0.261 e. The van der Waals surface area contributed by atoms with Crippen molar-refractivity contribution in [3.8, 4) is 0 Å². The van der Waals surface area contributed by atoms with Crippen LogP contribution in [0, 0.1) is 6.92 Å². The Morgan fingerprint density at radius 3 is 2.52 bits per heavy atom. The Bertz CT molecular complexity index is 1260. The molecule has 1 aromatic carbocycles. The Morgan fingerprint density at radius 2 is 1.79 bits per heavy atom. The van der Waals surface area contributed by atoms with Gasteiger partial charge in [-0.2, -0.15) is 0 Å². The third-order valence-corrected chi connectivity index (χ3v) is 7.21. The number of nitrogens with one attached hydrogen (secondary N) is 1. The highest BCUT2D eigenvalue weighted by molar-refractivity contribution is 7.91. The van der Waals surface area contributed by atoms with Gasteiger partial charge in [-0.1, -0.05) is 12.1 Å². The SMILES string of the molecule is Cc1cncc(S(=O)(=O)c2ccc(CNC(=O)c3cc4ccncc4s3)cc2)c1. The van der Waals surface area contributed by atoms with Crippen molar-refractivity contribution in [2.75, 3.05) is 0 Å². The van der Waals surface area contributed by atoms with E-state index in [1.54, 1.807) is 55.8 Å². The van der Waals surface area contributed by atoms with Crippen LogP contribution >= 0.6 is 11.3 Å². The van der Waals surface area contributed by atoms with E-state index in [0.717, 1.165) is 21.2 Å². The van der Waals surface area contributed by atoms with Crippen molar-refractivity contribution in [2.45, 2.75) is 23.3 Å². The van der Waals surface area contributed by atoms with E-state index in [2.05, 4.69) is 15.3 Å². The predicted molar refractivity (Wildman–Crippen MR) is 112 cm³/mol. The van der Waals surface area contributed by atoms with Gasteiger partial charge in [0, 0.05) is 31.3 Å². The number of carbonyl (C=O) groups excluding carboxylic acids is 1. The van der Waals surface area contributed by atoms with Crippen molar-refractivity contribution in [3.05, 3.63) is 83.3 Å². The largest absolute Gasteiger partial charge is 0.347 e. The summed E-state index contributed by atoms with van der Waals surface area (Å²) in [5.41, 5.74) is 1.59. The first-order valence-corrected chi connectivity index (χ1v) is 11.1. The minimum Gasteiger partial charge on any atom is -0.347 e. The number of fused-ring (bicyclic) bond motifs is 1. The Hall–Kier alpha value is -3.10. The lowest BCUT2D eigenvalue weighted by atomic mass is 10.2. The number of carbonyl (C=O) groups is 1. The lowest BCUT2D eigenvalue weighted by Gasteiger charge is -2.07. The number of sulfone groups is 1. The van der Waals surface area contributed by atoms with Gasteiger partial charge in [-0.05, 0) is 53.8 Å². The normalized spacial score (nSPS) is 11.5. The average Bonchev–Trinajstić information content (AvgIpc) is 3.17. The third-order valence-electron chi connectivity index (χ3n) is 4.39. The van der Waals surface area contributed by atoms with Crippen LogP contribution in [0.25, 0.3) is 10.1 Å². The van der Waals surface area contributed by atoms with E-state index in [1.165, 1.54) is 17.5 Å². The van der Waals surface area contributed by atoms with E-state index in [1.807, 2.05) is 12.1 Å². The minimum absolute atomic E-state index is 0.165. The van der Waals surface area contributed by atoms with E-state index in [4.69, 9.17) is 0 Å². The summed E-state index contributed by atoms with van der Waals surface area (Å²) in [6.45, 7) is 2.10.